The molecule has 138 valence electrons. The number of carbonyl (C=O) groups is 2. The van der Waals surface area contributed by atoms with Crippen molar-refractivity contribution in [3.63, 3.8) is 0 Å². The molecule has 1 aromatic carbocycles. The quantitative estimate of drug-likeness (QED) is 0.888. The van der Waals surface area contributed by atoms with Gasteiger partial charge < -0.3 is 20.0 Å². The fourth-order valence-corrected chi connectivity index (χ4v) is 3.28. The van der Waals surface area contributed by atoms with Crippen LogP contribution in [0, 0.1) is 12.8 Å². The van der Waals surface area contributed by atoms with Crippen molar-refractivity contribution in [3.8, 4) is 0 Å². The van der Waals surface area contributed by atoms with Crippen molar-refractivity contribution in [3.05, 3.63) is 29.3 Å². The summed E-state index contributed by atoms with van der Waals surface area (Å²) in [5, 5.41) is 3.00. The summed E-state index contributed by atoms with van der Waals surface area (Å²) in [5.74, 6) is 0.474. The van der Waals surface area contributed by atoms with Gasteiger partial charge in [-0.05, 0) is 36.5 Å². The summed E-state index contributed by atoms with van der Waals surface area (Å²) in [6.07, 6.45) is 0.958. The van der Waals surface area contributed by atoms with Gasteiger partial charge in [0.05, 0.1) is 0 Å². The molecule has 0 radical (unpaired) electrons. The van der Waals surface area contributed by atoms with Gasteiger partial charge in [-0.1, -0.05) is 12.1 Å². The van der Waals surface area contributed by atoms with Gasteiger partial charge in [-0.2, -0.15) is 0 Å². The monoisotopic (exact) mass is 346 g/mol. The van der Waals surface area contributed by atoms with Crippen molar-refractivity contribution in [2.75, 3.05) is 45.7 Å². The molecule has 6 nitrogen and oxygen atoms in total. The summed E-state index contributed by atoms with van der Waals surface area (Å²) < 4.78 is 0. The average molecular weight is 346 g/mol. The van der Waals surface area contributed by atoms with E-state index in [0.29, 0.717) is 19.0 Å². The Morgan fingerprint density at radius 2 is 2.00 bits per heavy atom. The number of rotatable bonds is 5. The molecular weight excluding hydrogens is 316 g/mol. The van der Waals surface area contributed by atoms with Gasteiger partial charge in [0, 0.05) is 59.9 Å². The molecule has 0 saturated carbocycles. The smallest absolute Gasteiger partial charge is 0.317 e. The summed E-state index contributed by atoms with van der Waals surface area (Å²) in [4.78, 5) is 29.4. The zero-order valence-corrected chi connectivity index (χ0v) is 16.0. The number of hydrogen-bond donors (Lipinski definition) is 1. The van der Waals surface area contributed by atoms with E-state index in [2.05, 4.69) is 35.3 Å². The van der Waals surface area contributed by atoms with E-state index < -0.39 is 0 Å². The molecule has 0 spiro atoms. The molecule has 0 aromatic heterocycles. The molecule has 1 fully saturated rings. The van der Waals surface area contributed by atoms with Crippen LogP contribution in [0.5, 0.6) is 0 Å². The Hall–Kier alpha value is -2.24. The lowest BCUT2D eigenvalue weighted by Crippen LogP contribution is -2.40. The van der Waals surface area contributed by atoms with E-state index in [1.165, 1.54) is 5.56 Å². The van der Waals surface area contributed by atoms with Gasteiger partial charge >= 0.3 is 6.03 Å². The number of likely N-dealkylation sites (tertiary alicyclic amines) is 1. The Labute approximate surface area is 150 Å². The lowest BCUT2D eigenvalue weighted by atomic mass is 10.1. The van der Waals surface area contributed by atoms with Crippen LogP contribution in [0.1, 0.15) is 24.5 Å². The first kappa shape index (κ1) is 19.1. The largest absolute Gasteiger partial charge is 0.377 e. The standard InChI is InChI=1S/C19H30N4O2/c1-14-6-7-17(18(10-14)21(3)4)11-20-19(25)22(5)12-16-8-9-23(13-16)15(2)24/h6-7,10,16H,8-9,11-13H2,1-5H3,(H,20,25)/t16-/m1/s1. The van der Waals surface area contributed by atoms with Gasteiger partial charge in [-0.3, -0.25) is 4.79 Å². The summed E-state index contributed by atoms with van der Waals surface area (Å²) in [5.41, 5.74) is 3.42. The van der Waals surface area contributed by atoms with Crippen molar-refractivity contribution < 1.29 is 9.59 Å². The van der Waals surface area contributed by atoms with Crippen LogP contribution in [-0.4, -0.2) is 62.5 Å². The number of anilines is 1. The number of carbonyl (C=O) groups excluding carboxylic acids is 2. The van der Waals surface area contributed by atoms with E-state index in [4.69, 9.17) is 0 Å². The molecule has 25 heavy (non-hydrogen) atoms. The molecule has 1 atom stereocenters. The topological polar surface area (TPSA) is 55.9 Å². The van der Waals surface area contributed by atoms with Crippen LogP contribution in [-0.2, 0) is 11.3 Å². The SMILES string of the molecule is CC(=O)N1CC[C@H](CN(C)C(=O)NCc2ccc(C)cc2N(C)C)C1. The van der Waals surface area contributed by atoms with Crippen molar-refractivity contribution in [1.29, 1.82) is 0 Å². The number of amides is 3. The molecule has 0 aliphatic carbocycles. The number of hydrogen-bond acceptors (Lipinski definition) is 3. The predicted octanol–water partition coefficient (Wildman–Crippen LogP) is 2.07. The number of urea groups is 1. The minimum Gasteiger partial charge on any atom is -0.377 e. The second-order valence-corrected chi connectivity index (χ2v) is 7.19. The molecule has 1 heterocycles. The Balaban J connectivity index is 1.87. The van der Waals surface area contributed by atoms with Gasteiger partial charge in [0.1, 0.15) is 0 Å². The summed E-state index contributed by atoms with van der Waals surface area (Å²) in [6.45, 7) is 6.38. The zero-order chi connectivity index (χ0) is 18.6. The van der Waals surface area contributed by atoms with Gasteiger partial charge in [-0.25, -0.2) is 4.79 Å². The lowest BCUT2D eigenvalue weighted by molar-refractivity contribution is -0.127. The highest BCUT2D eigenvalue weighted by Crippen LogP contribution is 2.20. The highest BCUT2D eigenvalue weighted by atomic mass is 16.2. The van der Waals surface area contributed by atoms with E-state index >= 15 is 0 Å². The van der Waals surface area contributed by atoms with Gasteiger partial charge in [-0.15, -0.1) is 0 Å². The Morgan fingerprint density at radius 1 is 1.28 bits per heavy atom. The molecule has 1 aliphatic rings. The first-order valence-electron chi connectivity index (χ1n) is 8.79. The molecule has 1 N–H and O–H groups in total. The maximum atomic E-state index is 12.4. The number of nitrogens with one attached hydrogen (secondary N) is 1. The van der Waals surface area contributed by atoms with Crippen molar-refractivity contribution in [1.82, 2.24) is 15.1 Å². The van der Waals surface area contributed by atoms with Crippen molar-refractivity contribution in [2.24, 2.45) is 5.92 Å². The Morgan fingerprint density at radius 3 is 2.60 bits per heavy atom. The van der Waals surface area contributed by atoms with Crippen LogP contribution in [0.3, 0.4) is 0 Å². The van der Waals surface area contributed by atoms with E-state index in [9.17, 15) is 9.59 Å². The van der Waals surface area contributed by atoms with Crippen LogP contribution in [0.25, 0.3) is 0 Å². The molecular formula is C19H30N4O2. The molecule has 1 aromatic rings. The van der Waals surface area contributed by atoms with E-state index in [0.717, 1.165) is 30.8 Å². The van der Waals surface area contributed by atoms with Crippen LogP contribution in [0.15, 0.2) is 18.2 Å². The number of nitrogens with zero attached hydrogens (tertiary/aromatic N) is 3. The van der Waals surface area contributed by atoms with Crippen molar-refractivity contribution >= 4 is 17.6 Å². The summed E-state index contributed by atoms with van der Waals surface area (Å²) >= 11 is 0. The normalized spacial score (nSPS) is 16.7. The molecule has 1 aliphatic heterocycles. The molecule has 3 amide bonds. The molecule has 0 bridgehead atoms. The van der Waals surface area contributed by atoms with Crippen LogP contribution >= 0.6 is 0 Å². The molecule has 0 unspecified atom stereocenters. The highest BCUT2D eigenvalue weighted by molar-refractivity contribution is 5.74. The van der Waals surface area contributed by atoms with E-state index in [-0.39, 0.29) is 11.9 Å². The van der Waals surface area contributed by atoms with Crippen molar-refractivity contribution in [2.45, 2.75) is 26.8 Å². The maximum Gasteiger partial charge on any atom is 0.317 e. The first-order valence-corrected chi connectivity index (χ1v) is 8.79. The predicted molar refractivity (Wildman–Crippen MR) is 101 cm³/mol. The van der Waals surface area contributed by atoms with Crippen LogP contribution < -0.4 is 10.2 Å². The third kappa shape index (κ3) is 5.11. The Kier molecular flexibility index (Phi) is 6.28. The van der Waals surface area contributed by atoms with Gasteiger partial charge in [0.25, 0.3) is 0 Å². The fourth-order valence-electron chi connectivity index (χ4n) is 3.28. The number of aryl methyl sites for hydroxylation is 1. The van der Waals surface area contributed by atoms with Crippen LogP contribution in [0.2, 0.25) is 0 Å². The Bertz CT molecular complexity index is 630. The van der Waals surface area contributed by atoms with Crippen LogP contribution in [0.4, 0.5) is 10.5 Å². The van der Waals surface area contributed by atoms with Gasteiger partial charge in [0.15, 0.2) is 0 Å². The van der Waals surface area contributed by atoms with Gasteiger partial charge in [0.2, 0.25) is 5.91 Å². The molecule has 6 heteroatoms. The summed E-state index contributed by atoms with van der Waals surface area (Å²) in [7, 11) is 5.83. The third-order valence-electron chi connectivity index (χ3n) is 4.76. The second kappa shape index (κ2) is 8.23. The minimum atomic E-state index is -0.0773. The third-order valence-corrected chi connectivity index (χ3v) is 4.76. The second-order valence-electron chi connectivity index (χ2n) is 7.19. The number of benzene rings is 1. The zero-order valence-electron chi connectivity index (χ0n) is 16.0. The summed E-state index contributed by atoms with van der Waals surface area (Å²) in [6, 6.07) is 6.17. The van der Waals surface area contributed by atoms with E-state index in [1.54, 1.807) is 11.8 Å². The average Bonchev–Trinajstić information content (AvgIpc) is 3.01. The van der Waals surface area contributed by atoms with E-state index in [1.807, 2.05) is 26.0 Å². The fraction of sp³-hybridized carbons (Fsp3) is 0.579. The molecule has 2 rings (SSSR count). The molecule has 1 saturated heterocycles. The maximum absolute atomic E-state index is 12.4. The lowest BCUT2D eigenvalue weighted by Gasteiger charge is -2.23. The first-order chi connectivity index (χ1) is 11.8. The minimum absolute atomic E-state index is 0.0773. The highest BCUT2D eigenvalue weighted by Gasteiger charge is 2.26.